The van der Waals surface area contributed by atoms with Gasteiger partial charge >= 0.3 is 0 Å². The molecule has 0 spiro atoms. The zero-order valence-electron chi connectivity index (χ0n) is 14.1. The molecular weight excluding hydrogens is 292 g/mol. The molecule has 0 radical (unpaired) electrons. The average molecular weight is 316 g/mol. The highest BCUT2D eigenvalue weighted by molar-refractivity contribution is 5.63. The van der Waals surface area contributed by atoms with Crippen LogP contribution in [0.25, 0.3) is 0 Å². The van der Waals surface area contributed by atoms with E-state index >= 15 is 0 Å². The Morgan fingerprint density at radius 1 is 1.17 bits per heavy atom. The van der Waals surface area contributed by atoms with Crippen molar-refractivity contribution in [3.63, 3.8) is 0 Å². The summed E-state index contributed by atoms with van der Waals surface area (Å²) in [6.45, 7) is 7.25. The molecule has 0 aliphatic heterocycles. The van der Waals surface area contributed by atoms with Gasteiger partial charge in [-0.25, -0.2) is 4.98 Å². The van der Waals surface area contributed by atoms with Gasteiger partial charge in [-0.1, -0.05) is 12.1 Å². The number of hydrogen-bond acceptors (Lipinski definition) is 6. The number of hydrogen-bond donors (Lipinski definition) is 2. The molecule has 0 amide bonds. The monoisotopic (exact) mass is 316 g/mol. The number of ether oxygens (including phenoxy) is 2. The molecule has 23 heavy (non-hydrogen) atoms. The first kappa shape index (κ1) is 17.0. The summed E-state index contributed by atoms with van der Waals surface area (Å²) in [7, 11) is 1.67. The molecule has 0 aliphatic rings. The van der Waals surface area contributed by atoms with Crippen LogP contribution in [0, 0.1) is 6.92 Å². The van der Waals surface area contributed by atoms with E-state index in [1.807, 2.05) is 51.1 Å². The van der Waals surface area contributed by atoms with Gasteiger partial charge in [-0.05, 0) is 32.9 Å². The van der Waals surface area contributed by atoms with Gasteiger partial charge in [-0.2, -0.15) is 4.98 Å². The molecule has 0 unspecified atom stereocenters. The minimum atomic E-state index is 0.0997. The third-order valence-corrected chi connectivity index (χ3v) is 2.96. The number of aryl methyl sites for hydroxylation is 1. The van der Waals surface area contributed by atoms with Crippen LogP contribution in [-0.2, 0) is 4.74 Å². The lowest BCUT2D eigenvalue weighted by Gasteiger charge is -2.15. The fourth-order valence-electron chi connectivity index (χ4n) is 2.04. The Hall–Kier alpha value is -2.34. The maximum absolute atomic E-state index is 5.81. The Balaban J connectivity index is 2.16. The highest BCUT2D eigenvalue weighted by Crippen LogP contribution is 2.27. The normalized spacial score (nSPS) is 10.7. The van der Waals surface area contributed by atoms with Crippen LogP contribution in [0.3, 0.4) is 0 Å². The van der Waals surface area contributed by atoms with E-state index in [4.69, 9.17) is 9.47 Å². The van der Waals surface area contributed by atoms with E-state index in [9.17, 15) is 0 Å². The van der Waals surface area contributed by atoms with Crippen LogP contribution in [0.2, 0.25) is 0 Å². The summed E-state index contributed by atoms with van der Waals surface area (Å²) in [6.07, 6.45) is 0.0997. The van der Waals surface area contributed by atoms with Crippen molar-refractivity contribution in [2.75, 3.05) is 30.9 Å². The molecule has 1 aromatic carbocycles. The molecule has 2 aromatic rings. The van der Waals surface area contributed by atoms with Crippen LogP contribution in [-0.4, -0.2) is 36.3 Å². The Bertz CT molecular complexity index is 632. The minimum Gasteiger partial charge on any atom is -0.489 e. The number of methoxy groups -OCH3 is 1. The van der Waals surface area contributed by atoms with Gasteiger partial charge in [0.25, 0.3) is 0 Å². The van der Waals surface area contributed by atoms with Crippen molar-refractivity contribution in [2.45, 2.75) is 26.9 Å². The quantitative estimate of drug-likeness (QED) is 0.728. The van der Waals surface area contributed by atoms with Crippen LogP contribution >= 0.6 is 0 Å². The molecule has 0 aliphatic carbocycles. The number of benzene rings is 1. The first-order chi connectivity index (χ1) is 11.1. The van der Waals surface area contributed by atoms with Crippen molar-refractivity contribution in [1.82, 2.24) is 9.97 Å². The molecule has 1 heterocycles. The molecule has 0 saturated heterocycles. The first-order valence-corrected chi connectivity index (χ1v) is 7.69. The van der Waals surface area contributed by atoms with E-state index in [0.717, 1.165) is 22.9 Å². The van der Waals surface area contributed by atoms with E-state index in [-0.39, 0.29) is 6.10 Å². The minimum absolute atomic E-state index is 0.0997. The summed E-state index contributed by atoms with van der Waals surface area (Å²) >= 11 is 0. The van der Waals surface area contributed by atoms with Crippen LogP contribution in [0.4, 0.5) is 17.5 Å². The maximum Gasteiger partial charge on any atom is 0.229 e. The Labute approximate surface area is 137 Å². The molecule has 2 N–H and O–H groups in total. The number of nitrogens with zero attached hydrogens (tertiary/aromatic N) is 2. The van der Waals surface area contributed by atoms with Gasteiger partial charge in [0.15, 0.2) is 0 Å². The van der Waals surface area contributed by atoms with E-state index in [1.165, 1.54) is 0 Å². The molecule has 0 saturated carbocycles. The van der Waals surface area contributed by atoms with Gasteiger partial charge in [0.1, 0.15) is 11.6 Å². The molecule has 6 nitrogen and oxygen atoms in total. The number of para-hydroxylation sites is 2. The first-order valence-electron chi connectivity index (χ1n) is 7.69. The number of aromatic nitrogens is 2. The Morgan fingerprint density at radius 2 is 1.96 bits per heavy atom. The molecule has 2 rings (SSSR count). The van der Waals surface area contributed by atoms with Crippen LogP contribution < -0.4 is 15.4 Å². The van der Waals surface area contributed by atoms with Crippen molar-refractivity contribution in [1.29, 1.82) is 0 Å². The summed E-state index contributed by atoms with van der Waals surface area (Å²) in [5.41, 5.74) is 1.72. The topological polar surface area (TPSA) is 68.3 Å². The third-order valence-electron chi connectivity index (χ3n) is 2.96. The lowest BCUT2D eigenvalue weighted by molar-refractivity contribution is 0.210. The summed E-state index contributed by atoms with van der Waals surface area (Å²) < 4.78 is 10.8. The second-order valence-corrected chi connectivity index (χ2v) is 5.43. The number of rotatable bonds is 8. The molecule has 0 fully saturated rings. The van der Waals surface area contributed by atoms with Gasteiger partial charge in [-0.15, -0.1) is 0 Å². The summed E-state index contributed by atoms with van der Waals surface area (Å²) in [5.74, 6) is 2.07. The lowest BCUT2D eigenvalue weighted by Crippen LogP contribution is -2.11. The van der Waals surface area contributed by atoms with Gasteiger partial charge in [0.2, 0.25) is 5.95 Å². The standard InChI is InChI=1S/C17H24N4O2/c1-12(2)23-15-8-6-5-7-14(15)20-17-19-13(3)11-16(21-17)18-9-10-22-4/h5-8,11-12H,9-10H2,1-4H3,(H2,18,19,20,21). The second-order valence-electron chi connectivity index (χ2n) is 5.43. The van der Waals surface area contributed by atoms with E-state index in [1.54, 1.807) is 7.11 Å². The van der Waals surface area contributed by atoms with Crippen molar-refractivity contribution in [2.24, 2.45) is 0 Å². The summed E-state index contributed by atoms with van der Waals surface area (Å²) in [4.78, 5) is 8.91. The van der Waals surface area contributed by atoms with Crippen LogP contribution in [0.15, 0.2) is 30.3 Å². The van der Waals surface area contributed by atoms with Crippen LogP contribution in [0.1, 0.15) is 19.5 Å². The molecule has 124 valence electrons. The van der Waals surface area contributed by atoms with Crippen molar-refractivity contribution < 1.29 is 9.47 Å². The van der Waals surface area contributed by atoms with Crippen molar-refractivity contribution in [3.8, 4) is 5.75 Å². The van der Waals surface area contributed by atoms with E-state index in [2.05, 4.69) is 20.6 Å². The fraction of sp³-hybridized carbons (Fsp3) is 0.412. The van der Waals surface area contributed by atoms with Gasteiger partial charge in [-0.3, -0.25) is 0 Å². The summed E-state index contributed by atoms with van der Waals surface area (Å²) in [5, 5.41) is 6.44. The van der Waals surface area contributed by atoms with Crippen molar-refractivity contribution in [3.05, 3.63) is 36.0 Å². The lowest BCUT2D eigenvalue weighted by atomic mass is 10.3. The zero-order chi connectivity index (χ0) is 16.7. The number of nitrogens with one attached hydrogen (secondary N) is 2. The molecule has 1 aromatic heterocycles. The predicted octanol–water partition coefficient (Wildman–Crippen LogP) is 3.37. The van der Waals surface area contributed by atoms with Gasteiger partial charge in [0.05, 0.1) is 18.4 Å². The predicted molar refractivity (Wildman–Crippen MR) is 92.6 cm³/mol. The molecule has 6 heteroatoms. The molecular formula is C17H24N4O2. The smallest absolute Gasteiger partial charge is 0.229 e. The van der Waals surface area contributed by atoms with E-state index in [0.29, 0.717) is 19.1 Å². The van der Waals surface area contributed by atoms with Gasteiger partial charge < -0.3 is 20.1 Å². The molecule has 0 bridgehead atoms. The van der Waals surface area contributed by atoms with E-state index < -0.39 is 0 Å². The summed E-state index contributed by atoms with van der Waals surface area (Å²) in [6, 6.07) is 9.66. The Kier molecular flexibility index (Phi) is 6.17. The number of anilines is 3. The van der Waals surface area contributed by atoms with Gasteiger partial charge in [0, 0.05) is 25.4 Å². The fourth-order valence-corrected chi connectivity index (χ4v) is 2.04. The second kappa shape index (κ2) is 8.33. The largest absolute Gasteiger partial charge is 0.489 e. The average Bonchev–Trinajstić information content (AvgIpc) is 2.48. The highest BCUT2D eigenvalue weighted by Gasteiger charge is 2.08. The maximum atomic E-state index is 5.81. The Morgan fingerprint density at radius 3 is 2.70 bits per heavy atom. The highest BCUT2D eigenvalue weighted by atomic mass is 16.5. The SMILES string of the molecule is COCCNc1cc(C)nc(Nc2ccccc2OC(C)C)n1. The van der Waals surface area contributed by atoms with Crippen molar-refractivity contribution >= 4 is 17.5 Å². The van der Waals surface area contributed by atoms with Crippen LogP contribution in [0.5, 0.6) is 5.75 Å². The molecule has 0 atom stereocenters. The third kappa shape index (κ3) is 5.41. The zero-order valence-corrected chi connectivity index (χ0v) is 14.1.